The molecule has 0 bridgehead atoms. The number of nitro groups is 1. The molecule has 2 unspecified atom stereocenters. The summed E-state index contributed by atoms with van der Waals surface area (Å²) in [7, 11) is -0.822. The fourth-order valence-electron chi connectivity index (χ4n) is 3.59. The molecule has 0 spiro atoms. The number of halogens is 1. The Balaban J connectivity index is 1.78. The highest BCUT2D eigenvalue weighted by Gasteiger charge is 2.30. The molecule has 1 amide bonds. The Morgan fingerprint density at radius 1 is 1.25 bits per heavy atom. The van der Waals surface area contributed by atoms with Crippen molar-refractivity contribution in [2.24, 2.45) is 0 Å². The Hall–Kier alpha value is -2.98. The molecule has 1 aliphatic rings. The van der Waals surface area contributed by atoms with E-state index in [2.05, 4.69) is 9.64 Å². The zero-order valence-corrected chi connectivity index (χ0v) is 19.1. The number of carbonyl (C=O) groups excluding carboxylic acids is 2. The summed E-state index contributed by atoms with van der Waals surface area (Å²) >= 11 is 6.09. The third kappa shape index (κ3) is 5.25. The number of piperazine rings is 1. The number of nitrogens with zero attached hydrogens (tertiary/aromatic N) is 3. The van der Waals surface area contributed by atoms with Crippen LogP contribution in [0, 0.1) is 10.1 Å². The van der Waals surface area contributed by atoms with Crippen molar-refractivity contribution in [1.82, 2.24) is 4.90 Å². The number of rotatable bonds is 6. The molecule has 1 aliphatic heterocycles. The molecule has 0 radical (unpaired) electrons. The Morgan fingerprint density at radius 3 is 2.62 bits per heavy atom. The number of amides is 1. The summed E-state index contributed by atoms with van der Waals surface area (Å²) in [5, 5.41) is 12.2. The van der Waals surface area contributed by atoms with Gasteiger partial charge in [-0.1, -0.05) is 17.7 Å². The van der Waals surface area contributed by atoms with Gasteiger partial charge in [-0.15, -0.1) is 0 Å². The molecule has 2 aromatic rings. The van der Waals surface area contributed by atoms with Crippen LogP contribution in [0.3, 0.4) is 0 Å². The smallest absolute Gasteiger partial charge is 0.318 e. The van der Waals surface area contributed by atoms with Crippen LogP contribution in [0.15, 0.2) is 47.4 Å². The molecule has 0 aliphatic carbocycles. The summed E-state index contributed by atoms with van der Waals surface area (Å²) in [5.74, 6) is -1.60. The van der Waals surface area contributed by atoms with Gasteiger partial charge >= 0.3 is 5.97 Å². The first-order valence-electron chi connectivity index (χ1n) is 9.76. The Labute approximate surface area is 192 Å². The van der Waals surface area contributed by atoms with E-state index in [-0.39, 0.29) is 22.4 Å². The summed E-state index contributed by atoms with van der Waals surface area (Å²) in [6.07, 6.45) is 0. The van der Waals surface area contributed by atoms with E-state index >= 15 is 0 Å². The lowest BCUT2D eigenvalue weighted by molar-refractivity contribution is -0.387. The number of ether oxygens (including phenoxy) is 1. The van der Waals surface area contributed by atoms with Gasteiger partial charge in [-0.3, -0.25) is 23.9 Å². The molecule has 0 N–H and O–H groups in total. The molecule has 32 heavy (non-hydrogen) atoms. The van der Waals surface area contributed by atoms with Crippen LogP contribution < -0.4 is 4.90 Å². The maximum atomic E-state index is 13.0. The van der Waals surface area contributed by atoms with Gasteiger partial charge in [0.2, 0.25) is 0 Å². The zero-order chi connectivity index (χ0) is 23.4. The standard InChI is InChI=1S/C21H22ClN3O6S/c1-14-12-23(8-9-24(14)17-5-3-4-16(22)11-17)21(27)15-6-7-19(18(10-15)25(28)29)32(30)13-20(26)31-2/h3-7,10-11,14H,8-9,12-13H2,1-2H3. The number of nitro benzene ring substituents is 1. The first-order chi connectivity index (χ1) is 15.2. The van der Waals surface area contributed by atoms with Gasteiger partial charge in [-0.25, -0.2) is 0 Å². The van der Waals surface area contributed by atoms with Gasteiger partial charge in [0.05, 0.1) is 22.8 Å². The van der Waals surface area contributed by atoms with Crippen LogP contribution in [0.1, 0.15) is 17.3 Å². The van der Waals surface area contributed by atoms with Crippen molar-refractivity contribution >= 4 is 45.7 Å². The lowest BCUT2D eigenvalue weighted by Gasteiger charge is -2.41. The van der Waals surface area contributed by atoms with E-state index in [4.69, 9.17) is 11.6 Å². The monoisotopic (exact) mass is 479 g/mol. The SMILES string of the molecule is COC(=O)CS(=O)c1ccc(C(=O)N2CCN(c3cccc(Cl)c3)C(C)C2)cc1[N+](=O)[O-]. The van der Waals surface area contributed by atoms with Gasteiger partial charge in [0.1, 0.15) is 10.6 Å². The van der Waals surface area contributed by atoms with Crippen LogP contribution in [0.2, 0.25) is 5.02 Å². The minimum atomic E-state index is -1.96. The normalized spacial score (nSPS) is 17.0. The first kappa shape index (κ1) is 23.7. The summed E-state index contributed by atoms with van der Waals surface area (Å²) < 4.78 is 16.8. The van der Waals surface area contributed by atoms with Crippen molar-refractivity contribution in [3.8, 4) is 0 Å². The van der Waals surface area contributed by atoms with E-state index in [9.17, 15) is 23.9 Å². The summed E-state index contributed by atoms with van der Waals surface area (Å²) in [6, 6.07) is 11.3. The van der Waals surface area contributed by atoms with Gasteiger partial charge in [0, 0.05) is 48.0 Å². The third-order valence-electron chi connectivity index (χ3n) is 5.18. The molecule has 9 nitrogen and oxygen atoms in total. The number of hydrogen-bond acceptors (Lipinski definition) is 7. The molecule has 1 fully saturated rings. The molecule has 170 valence electrons. The van der Waals surface area contributed by atoms with Crippen molar-refractivity contribution in [3.05, 3.63) is 63.2 Å². The van der Waals surface area contributed by atoms with Crippen LogP contribution in [0.5, 0.6) is 0 Å². The lowest BCUT2D eigenvalue weighted by Crippen LogP contribution is -2.53. The van der Waals surface area contributed by atoms with Gasteiger partial charge in [-0.05, 0) is 37.3 Å². The molecule has 0 aromatic heterocycles. The van der Waals surface area contributed by atoms with Crippen molar-refractivity contribution in [2.45, 2.75) is 17.9 Å². The summed E-state index contributed by atoms with van der Waals surface area (Å²) in [4.78, 5) is 38.9. The second-order valence-corrected chi connectivity index (χ2v) is 9.14. The van der Waals surface area contributed by atoms with Crippen LogP contribution in [-0.4, -0.2) is 64.4 Å². The number of anilines is 1. The van der Waals surface area contributed by atoms with E-state index in [1.165, 1.54) is 12.1 Å². The van der Waals surface area contributed by atoms with Crippen LogP contribution >= 0.6 is 11.6 Å². The van der Waals surface area contributed by atoms with Gasteiger partial charge in [-0.2, -0.15) is 0 Å². The van der Waals surface area contributed by atoms with Gasteiger partial charge < -0.3 is 14.5 Å². The summed E-state index contributed by atoms with van der Waals surface area (Å²) in [6.45, 7) is 3.42. The van der Waals surface area contributed by atoms with Crippen LogP contribution in [-0.2, 0) is 20.3 Å². The number of carbonyl (C=O) groups is 2. The van der Waals surface area contributed by atoms with Crippen molar-refractivity contribution in [2.75, 3.05) is 37.4 Å². The Morgan fingerprint density at radius 2 is 2.00 bits per heavy atom. The largest absolute Gasteiger partial charge is 0.468 e. The molecule has 2 atom stereocenters. The molecule has 1 heterocycles. The van der Waals surface area contributed by atoms with Gasteiger partial charge in [0.25, 0.3) is 11.6 Å². The fourth-order valence-corrected chi connectivity index (χ4v) is 4.85. The first-order valence-corrected chi connectivity index (χ1v) is 11.5. The third-order valence-corrected chi connectivity index (χ3v) is 6.75. The van der Waals surface area contributed by atoms with E-state index in [1.54, 1.807) is 11.0 Å². The number of methoxy groups -OCH3 is 1. The highest BCUT2D eigenvalue weighted by Crippen LogP contribution is 2.27. The molecular formula is C21H22ClN3O6S. The number of benzene rings is 2. The molecule has 0 saturated carbocycles. The maximum Gasteiger partial charge on any atom is 0.318 e. The van der Waals surface area contributed by atoms with E-state index in [0.29, 0.717) is 24.7 Å². The van der Waals surface area contributed by atoms with Crippen molar-refractivity contribution in [3.63, 3.8) is 0 Å². The fraction of sp³-hybridized carbons (Fsp3) is 0.333. The Kier molecular flexibility index (Phi) is 7.47. The number of esters is 1. The predicted molar refractivity (Wildman–Crippen MR) is 121 cm³/mol. The molecule has 2 aromatic carbocycles. The Bertz CT molecular complexity index is 1080. The average molecular weight is 480 g/mol. The summed E-state index contributed by atoms with van der Waals surface area (Å²) in [5.41, 5.74) is 0.618. The van der Waals surface area contributed by atoms with E-state index < -0.39 is 33.1 Å². The van der Waals surface area contributed by atoms with Crippen LogP contribution in [0.4, 0.5) is 11.4 Å². The topological polar surface area (TPSA) is 110 Å². The van der Waals surface area contributed by atoms with E-state index in [1.807, 2.05) is 25.1 Å². The highest BCUT2D eigenvalue weighted by molar-refractivity contribution is 7.85. The maximum absolute atomic E-state index is 13.0. The highest BCUT2D eigenvalue weighted by atomic mass is 35.5. The second-order valence-electron chi connectivity index (χ2n) is 7.28. The molecular weight excluding hydrogens is 458 g/mol. The van der Waals surface area contributed by atoms with E-state index in [0.717, 1.165) is 18.9 Å². The quantitative estimate of drug-likeness (QED) is 0.356. The molecule has 3 rings (SSSR count). The lowest BCUT2D eigenvalue weighted by atomic mass is 10.1. The molecule has 1 saturated heterocycles. The molecule has 11 heteroatoms. The van der Waals surface area contributed by atoms with Crippen molar-refractivity contribution < 1.29 is 23.5 Å². The zero-order valence-electron chi connectivity index (χ0n) is 17.5. The predicted octanol–water partition coefficient (Wildman–Crippen LogP) is 2.88. The van der Waals surface area contributed by atoms with Crippen molar-refractivity contribution in [1.29, 1.82) is 0 Å². The minimum Gasteiger partial charge on any atom is -0.468 e. The van der Waals surface area contributed by atoms with Gasteiger partial charge in [0.15, 0.2) is 0 Å². The average Bonchev–Trinajstić information content (AvgIpc) is 2.77. The number of hydrogen-bond donors (Lipinski definition) is 0. The second kappa shape index (κ2) is 10.1. The minimum absolute atomic E-state index is 0.00739. The van der Waals surface area contributed by atoms with Crippen LogP contribution in [0.25, 0.3) is 0 Å².